The van der Waals surface area contributed by atoms with Crippen LogP contribution in [0.25, 0.3) is 0 Å². The molecule has 0 saturated heterocycles. The Morgan fingerprint density at radius 2 is 0.704 bits per heavy atom. The molecular formula is C23H42O4. The Bertz CT molecular complexity index is 377. The molecule has 4 nitrogen and oxygen atoms in total. The Morgan fingerprint density at radius 1 is 0.444 bits per heavy atom. The Balaban J connectivity index is 3.10. The van der Waals surface area contributed by atoms with Gasteiger partial charge in [-0.2, -0.15) is 0 Å². The van der Waals surface area contributed by atoms with E-state index in [9.17, 15) is 9.59 Å². The third-order valence-electron chi connectivity index (χ3n) is 4.94. The molecule has 0 radical (unpaired) electrons. The minimum atomic E-state index is -0.676. The summed E-state index contributed by atoms with van der Waals surface area (Å²) in [4.78, 5) is 20.8. The number of rotatable bonds is 21. The molecule has 2 N–H and O–H groups in total. The molecule has 0 unspecified atom stereocenters. The van der Waals surface area contributed by atoms with E-state index in [0.29, 0.717) is 12.8 Å². The molecule has 158 valence electrons. The molecule has 0 bridgehead atoms. The maximum atomic E-state index is 10.4. The monoisotopic (exact) mass is 382 g/mol. The molecule has 0 aromatic heterocycles. The van der Waals surface area contributed by atoms with Crippen LogP contribution in [0.2, 0.25) is 0 Å². The fraction of sp³-hybridized carbons (Fsp3) is 0.826. The standard InChI is InChI=1S/C23H42O4/c24-22(25)20-18-16-14-12-10-8-6-4-2-1-3-5-7-9-11-13-15-17-19-21-23(26)27/h2,4H,1,3,5-21H2,(H,24,25)(H,26,27)/b4-2+. The second-order valence-electron chi connectivity index (χ2n) is 7.64. The van der Waals surface area contributed by atoms with Gasteiger partial charge >= 0.3 is 11.9 Å². The average Bonchev–Trinajstić information content (AvgIpc) is 2.62. The lowest BCUT2D eigenvalue weighted by atomic mass is 10.1. The predicted octanol–water partition coefficient (Wildman–Crippen LogP) is 7.12. The van der Waals surface area contributed by atoms with Gasteiger partial charge in [-0.15, -0.1) is 0 Å². The minimum absolute atomic E-state index is 0.317. The molecule has 0 aliphatic heterocycles. The van der Waals surface area contributed by atoms with E-state index in [2.05, 4.69) is 12.2 Å². The zero-order chi connectivity index (χ0) is 20.0. The van der Waals surface area contributed by atoms with Crippen LogP contribution in [0.1, 0.15) is 122 Å². The molecule has 0 aliphatic carbocycles. The van der Waals surface area contributed by atoms with Gasteiger partial charge in [-0.3, -0.25) is 9.59 Å². The number of unbranched alkanes of at least 4 members (excludes halogenated alkanes) is 15. The van der Waals surface area contributed by atoms with Crippen LogP contribution in [0.4, 0.5) is 0 Å². The third-order valence-corrected chi connectivity index (χ3v) is 4.94. The number of hydrogen-bond acceptors (Lipinski definition) is 2. The summed E-state index contributed by atoms with van der Waals surface area (Å²) < 4.78 is 0. The first-order chi connectivity index (χ1) is 13.1. The molecule has 0 aromatic rings. The first-order valence-corrected chi connectivity index (χ1v) is 11.2. The van der Waals surface area contributed by atoms with Gasteiger partial charge in [0.05, 0.1) is 0 Å². The normalized spacial score (nSPS) is 11.3. The van der Waals surface area contributed by atoms with Crippen LogP contribution in [0.3, 0.4) is 0 Å². The number of carboxylic acids is 2. The van der Waals surface area contributed by atoms with E-state index >= 15 is 0 Å². The summed E-state index contributed by atoms with van der Waals surface area (Å²) in [6, 6.07) is 0. The quantitative estimate of drug-likeness (QED) is 0.164. The van der Waals surface area contributed by atoms with E-state index in [4.69, 9.17) is 10.2 Å². The van der Waals surface area contributed by atoms with Gasteiger partial charge in [0.1, 0.15) is 0 Å². The highest BCUT2D eigenvalue weighted by Gasteiger charge is 1.97. The van der Waals surface area contributed by atoms with E-state index in [0.717, 1.165) is 25.7 Å². The molecular weight excluding hydrogens is 340 g/mol. The van der Waals surface area contributed by atoms with Crippen LogP contribution in [0, 0.1) is 0 Å². The molecule has 0 rings (SSSR count). The molecule has 0 amide bonds. The number of hydrogen-bond donors (Lipinski definition) is 2. The maximum absolute atomic E-state index is 10.4. The summed E-state index contributed by atoms with van der Waals surface area (Å²) in [5.74, 6) is -1.35. The highest BCUT2D eigenvalue weighted by Crippen LogP contribution is 2.12. The molecule has 0 spiro atoms. The highest BCUT2D eigenvalue weighted by molar-refractivity contribution is 5.66. The van der Waals surface area contributed by atoms with Gasteiger partial charge in [0.15, 0.2) is 0 Å². The first-order valence-electron chi connectivity index (χ1n) is 11.2. The molecule has 0 aliphatic rings. The van der Waals surface area contributed by atoms with Gasteiger partial charge in [-0.05, 0) is 38.5 Å². The highest BCUT2D eigenvalue weighted by atomic mass is 16.4. The molecule has 0 fully saturated rings. The molecule has 0 atom stereocenters. The average molecular weight is 383 g/mol. The summed E-state index contributed by atoms with van der Waals surface area (Å²) in [5, 5.41) is 17.1. The zero-order valence-electron chi connectivity index (χ0n) is 17.3. The van der Waals surface area contributed by atoms with Crippen molar-refractivity contribution in [3.8, 4) is 0 Å². The van der Waals surface area contributed by atoms with Crippen molar-refractivity contribution in [2.45, 2.75) is 122 Å². The smallest absolute Gasteiger partial charge is 0.303 e. The Morgan fingerprint density at radius 3 is 1.00 bits per heavy atom. The van der Waals surface area contributed by atoms with Gasteiger partial charge in [0.25, 0.3) is 0 Å². The molecule has 4 heteroatoms. The van der Waals surface area contributed by atoms with Gasteiger partial charge in [0.2, 0.25) is 0 Å². The van der Waals surface area contributed by atoms with Crippen molar-refractivity contribution >= 4 is 11.9 Å². The summed E-state index contributed by atoms with van der Waals surface area (Å²) in [6.45, 7) is 0. The van der Waals surface area contributed by atoms with Crippen LogP contribution >= 0.6 is 0 Å². The summed E-state index contributed by atoms with van der Waals surface area (Å²) in [6.07, 6.45) is 25.3. The van der Waals surface area contributed by atoms with Gasteiger partial charge in [-0.25, -0.2) is 0 Å². The van der Waals surface area contributed by atoms with Crippen molar-refractivity contribution in [2.24, 2.45) is 0 Å². The van der Waals surface area contributed by atoms with Crippen molar-refractivity contribution in [3.05, 3.63) is 12.2 Å². The predicted molar refractivity (Wildman–Crippen MR) is 112 cm³/mol. The van der Waals surface area contributed by atoms with Gasteiger partial charge in [0, 0.05) is 12.8 Å². The number of carboxylic acid groups (broad SMARTS) is 2. The van der Waals surface area contributed by atoms with Gasteiger partial charge in [-0.1, -0.05) is 82.8 Å². The largest absolute Gasteiger partial charge is 0.481 e. The van der Waals surface area contributed by atoms with E-state index in [1.165, 1.54) is 83.5 Å². The van der Waals surface area contributed by atoms with Crippen molar-refractivity contribution in [1.82, 2.24) is 0 Å². The van der Waals surface area contributed by atoms with Crippen LogP contribution < -0.4 is 0 Å². The second-order valence-corrected chi connectivity index (χ2v) is 7.64. The topological polar surface area (TPSA) is 74.6 Å². The lowest BCUT2D eigenvalue weighted by molar-refractivity contribution is -0.138. The number of carbonyl (C=O) groups is 2. The Labute approximate surface area is 166 Å². The molecule has 0 aromatic carbocycles. The van der Waals surface area contributed by atoms with Crippen molar-refractivity contribution in [2.75, 3.05) is 0 Å². The van der Waals surface area contributed by atoms with Crippen LogP contribution in [-0.4, -0.2) is 22.2 Å². The molecule has 0 heterocycles. The Kier molecular flexibility index (Phi) is 20.0. The minimum Gasteiger partial charge on any atom is -0.481 e. The lowest BCUT2D eigenvalue weighted by Crippen LogP contribution is -1.93. The van der Waals surface area contributed by atoms with Gasteiger partial charge < -0.3 is 10.2 Å². The molecule has 0 saturated carbocycles. The van der Waals surface area contributed by atoms with E-state index in [-0.39, 0.29) is 0 Å². The first kappa shape index (κ1) is 25.7. The van der Waals surface area contributed by atoms with Crippen molar-refractivity contribution < 1.29 is 19.8 Å². The van der Waals surface area contributed by atoms with Crippen LogP contribution in [-0.2, 0) is 9.59 Å². The van der Waals surface area contributed by atoms with E-state index < -0.39 is 11.9 Å². The maximum Gasteiger partial charge on any atom is 0.303 e. The SMILES string of the molecule is O=C(O)CCCCCCCC/C=C/CCCCCCCCCCCC(=O)O. The summed E-state index contributed by atoms with van der Waals surface area (Å²) in [7, 11) is 0. The summed E-state index contributed by atoms with van der Waals surface area (Å²) in [5.41, 5.74) is 0. The van der Waals surface area contributed by atoms with Crippen molar-refractivity contribution in [3.63, 3.8) is 0 Å². The second kappa shape index (κ2) is 21.0. The van der Waals surface area contributed by atoms with Crippen LogP contribution in [0.15, 0.2) is 12.2 Å². The fourth-order valence-electron chi connectivity index (χ4n) is 3.26. The third kappa shape index (κ3) is 24.7. The Hall–Kier alpha value is -1.32. The van der Waals surface area contributed by atoms with Crippen LogP contribution in [0.5, 0.6) is 0 Å². The molecule has 27 heavy (non-hydrogen) atoms. The van der Waals surface area contributed by atoms with E-state index in [1.54, 1.807) is 0 Å². The fourth-order valence-corrected chi connectivity index (χ4v) is 3.26. The lowest BCUT2D eigenvalue weighted by Gasteiger charge is -2.01. The van der Waals surface area contributed by atoms with E-state index in [1.807, 2.05) is 0 Å². The number of aliphatic carboxylic acids is 2. The van der Waals surface area contributed by atoms with Crippen molar-refractivity contribution in [1.29, 1.82) is 0 Å². The summed E-state index contributed by atoms with van der Waals surface area (Å²) >= 11 is 0. The number of allylic oxidation sites excluding steroid dienone is 2. The zero-order valence-corrected chi connectivity index (χ0v) is 17.3.